The molecule has 0 nitrogen and oxygen atoms in total. The average molecular weight is 218 g/mol. The van der Waals surface area contributed by atoms with Gasteiger partial charge >= 0.3 is 0 Å². The molecule has 0 fully saturated rings. The van der Waals surface area contributed by atoms with Crippen LogP contribution < -0.4 is 0 Å². The fourth-order valence-corrected chi connectivity index (χ4v) is 1.17. The molecule has 0 N–H and O–H groups in total. The monoisotopic (exact) mass is 218 g/mol. The summed E-state index contributed by atoms with van der Waals surface area (Å²) in [4.78, 5) is 0. The summed E-state index contributed by atoms with van der Waals surface area (Å²) in [6.45, 7) is 12.1. The highest BCUT2D eigenvalue weighted by molar-refractivity contribution is 5.47. The predicted octanol–water partition coefficient (Wildman–Crippen LogP) is 5.61. The second-order valence-corrected chi connectivity index (χ2v) is 2.89. The molecule has 0 aromatic heterocycles. The van der Waals surface area contributed by atoms with Crippen LogP contribution in [-0.4, -0.2) is 0 Å². The maximum Gasteiger partial charge on any atom is -0.0191 e. The van der Waals surface area contributed by atoms with E-state index in [-0.39, 0.29) is 0 Å². The van der Waals surface area contributed by atoms with Gasteiger partial charge in [0.25, 0.3) is 0 Å². The smallest absolute Gasteiger partial charge is 0.0191 e. The molecule has 0 heterocycles. The van der Waals surface area contributed by atoms with Gasteiger partial charge in [0.05, 0.1) is 0 Å². The highest BCUT2D eigenvalue weighted by atomic mass is 14.0. The van der Waals surface area contributed by atoms with Crippen molar-refractivity contribution in [2.75, 3.05) is 0 Å². The van der Waals surface area contributed by atoms with E-state index in [2.05, 4.69) is 49.5 Å². The van der Waals surface area contributed by atoms with Gasteiger partial charge in [-0.15, -0.1) is 0 Å². The van der Waals surface area contributed by atoms with Crippen molar-refractivity contribution in [2.45, 2.75) is 41.5 Å². The molecule has 90 valence electrons. The molecule has 0 aliphatic carbocycles. The van der Waals surface area contributed by atoms with Crippen molar-refractivity contribution in [3.05, 3.63) is 59.8 Å². The first-order valence-corrected chi connectivity index (χ1v) is 6.05. The molecule has 0 rings (SSSR count). The molecule has 0 saturated heterocycles. The van der Waals surface area contributed by atoms with Crippen molar-refractivity contribution in [3.63, 3.8) is 0 Å². The highest BCUT2D eigenvalue weighted by Gasteiger charge is 1.94. The van der Waals surface area contributed by atoms with Crippen molar-refractivity contribution >= 4 is 0 Å². The third kappa shape index (κ3) is 8.05. The van der Waals surface area contributed by atoms with Crippen molar-refractivity contribution in [1.82, 2.24) is 0 Å². The zero-order chi connectivity index (χ0) is 12.8. The molecule has 0 saturated carbocycles. The molecule has 0 aromatic carbocycles. The largest absolute Gasteiger partial charge is 0.0876 e. The zero-order valence-corrected chi connectivity index (χ0v) is 11.6. The molecule has 0 heteroatoms. The van der Waals surface area contributed by atoms with E-state index in [9.17, 15) is 0 Å². The van der Waals surface area contributed by atoms with Crippen molar-refractivity contribution in [3.8, 4) is 0 Å². The number of hydrogen-bond donors (Lipinski definition) is 0. The van der Waals surface area contributed by atoms with E-state index in [1.165, 1.54) is 11.1 Å². The molecular formula is C16H26. The van der Waals surface area contributed by atoms with Gasteiger partial charge in [-0.3, -0.25) is 0 Å². The molecule has 0 aliphatic rings. The topological polar surface area (TPSA) is 0 Å². The normalized spacial score (nSPS) is 13.6. The number of rotatable bonds is 4. The first-order valence-electron chi connectivity index (χ1n) is 6.05. The first kappa shape index (κ1) is 17.1. The van der Waals surface area contributed by atoms with Crippen LogP contribution in [0, 0.1) is 0 Å². The van der Waals surface area contributed by atoms with Crippen molar-refractivity contribution < 1.29 is 0 Å². The second-order valence-electron chi connectivity index (χ2n) is 2.89. The van der Waals surface area contributed by atoms with E-state index in [1.54, 1.807) is 0 Å². The van der Waals surface area contributed by atoms with E-state index >= 15 is 0 Å². The Bertz CT molecular complexity index is 283. The van der Waals surface area contributed by atoms with Gasteiger partial charge in [0.1, 0.15) is 0 Å². The summed E-state index contributed by atoms with van der Waals surface area (Å²) in [5, 5.41) is 0. The minimum absolute atomic E-state index is 1.24. The molecule has 0 bridgehead atoms. The Hall–Kier alpha value is -1.30. The van der Waals surface area contributed by atoms with Gasteiger partial charge in [0.15, 0.2) is 0 Å². The average Bonchev–Trinajstić information content (AvgIpc) is 2.34. The van der Waals surface area contributed by atoms with E-state index in [4.69, 9.17) is 0 Å². The van der Waals surface area contributed by atoms with Crippen LogP contribution in [-0.2, 0) is 0 Å². The van der Waals surface area contributed by atoms with Gasteiger partial charge in [-0.2, -0.15) is 0 Å². The van der Waals surface area contributed by atoms with Crippen LogP contribution in [0.1, 0.15) is 41.5 Å². The third-order valence-electron chi connectivity index (χ3n) is 1.81. The summed E-state index contributed by atoms with van der Waals surface area (Å²) in [6.07, 6.45) is 16.7. The van der Waals surface area contributed by atoms with Gasteiger partial charge < -0.3 is 0 Å². The van der Waals surface area contributed by atoms with E-state index in [1.807, 2.05) is 40.7 Å². The van der Waals surface area contributed by atoms with Crippen LogP contribution in [0.25, 0.3) is 0 Å². The molecule has 0 aliphatic heterocycles. The lowest BCUT2D eigenvalue weighted by Crippen LogP contribution is -1.81. The third-order valence-corrected chi connectivity index (χ3v) is 1.81. The molecule has 0 aromatic rings. The standard InChI is InChI=1S/C14H20.C2H6/c1-5-9-12-14(11-7-3)13(8-4)10-6-2;1-2/h5-12H,1-4H3;1-2H3/b9-5-,10-6-,11-7-,13-8+,14-12+;. The lowest BCUT2D eigenvalue weighted by molar-refractivity contribution is 1.47. The lowest BCUT2D eigenvalue weighted by Gasteiger charge is -2.01. The first-order chi connectivity index (χ1) is 7.79. The van der Waals surface area contributed by atoms with Crippen LogP contribution in [0.3, 0.4) is 0 Å². The molecule has 0 amide bonds. The van der Waals surface area contributed by atoms with Crippen LogP contribution >= 0.6 is 0 Å². The fraction of sp³-hybridized carbons (Fsp3) is 0.375. The molecule has 16 heavy (non-hydrogen) atoms. The zero-order valence-electron chi connectivity index (χ0n) is 11.6. The van der Waals surface area contributed by atoms with Crippen molar-refractivity contribution in [1.29, 1.82) is 0 Å². The Labute approximate surface area is 102 Å². The van der Waals surface area contributed by atoms with Crippen LogP contribution in [0.5, 0.6) is 0 Å². The summed E-state index contributed by atoms with van der Waals surface area (Å²) >= 11 is 0. The van der Waals surface area contributed by atoms with Gasteiger partial charge in [0.2, 0.25) is 0 Å². The van der Waals surface area contributed by atoms with Gasteiger partial charge in [-0.25, -0.2) is 0 Å². The van der Waals surface area contributed by atoms with Crippen LogP contribution in [0.2, 0.25) is 0 Å². The summed E-state index contributed by atoms with van der Waals surface area (Å²) in [7, 11) is 0. The second kappa shape index (κ2) is 13.7. The maximum atomic E-state index is 2.12. The summed E-state index contributed by atoms with van der Waals surface area (Å²) < 4.78 is 0. The van der Waals surface area contributed by atoms with Crippen LogP contribution in [0.4, 0.5) is 0 Å². The van der Waals surface area contributed by atoms with Crippen LogP contribution in [0.15, 0.2) is 59.8 Å². The minimum Gasteiger partial charge on any atom is -0.0876 e. The van der Waals surface area contributed by atoms with E-state index < -0.39 is 0 Å². The molecule has 0 radical (unpaired) electrons. The Balaban J connectivity index is 0. The quantitative estimate of drug-likeness (QED) is 0.538. The van der Waals surface area contributed by atoms with Gasteiger partial charge in [-0.1, -0.05) is 62.5 Å². The number of allylic oxidation sites excluding steroid dienone is 10. The molecule has 0 unspecified atom stereocenters. The minimum atomic E-state index is 1.24. The fourth-order valence-electron chi connectivity index (χ4n) is 1.17. The molecular weight excluding hydrogens is 192 g/mol. The Kier molecular flexibility index (Phi) is 14.6. The Morgan fingerprint density at radius 2 is 1.19 bits per heavy atom. The van der Waals surface area contributed by atoms with Gasteiger partial charge in [0, 0.05) is 0 Å². The SMILES string of the molecule is CC.C\C=C/C=C(\C=C/C)C(/C=C\C)=C/C. The molecule has 0 atom stereocenters. The Morgan fingerprint density at radius 1 is 0.688 bits per heavy atom. The lowest BCUT2D eigenvalue weighted by atomic mass is 10.0. The maximum absolute atomic E-state index is 2.12. The Morgan fingerprint density at radius 3 is 1.56 bits per heavy atom. The van der Waals surface area contributed by atoms with Crippen molar-refractivity contribution in [2.24, 2.45) is 0 Å². The van der Waals surface area contributed by atoms with E-state index in [0.717, 1.165) is 0 Å². The molecule has 0 spiro atoms. The summed E-state index contributed by atoms with van der Waals surface area (Å²) in [5.74, 6) is 0. The van der Waals surface area contributed by atoms with E-state index in [0.29, 0.717) is 0 Å². The summed E-state index contributed by atoms with van der Waals surface area (Å²) in [6, 6.07) is 0. The summed E-state index contributed by atoms with van der Waals surface area (Å²) in [5.41, 5.74) is 2.50. The van der Waals surface area contributed by atoms with Gasteiger partial charge in [-0.05, 0) is 38.8 Å². The number of hydrogen-bond acceptors (Lipinski definition) is 0. The highest BCUT2D eigenvalue weighted by Crippen LogP contribution is 2.13. The predicted molar refractivity (Wildman–Crippen MR) is 77.6 cm³/mol.